The van der Waals surface area contributed by atoms with E-state index in [9.17, 15) is 0 Å². The summed E-state index contributed by atoms with van der Waals surface area (Å²) in [5, 5.41) is 4.33. The lowest BCUT2D eigenvalue weighted by Crippen LogP contribution is -2.44. The van der Waals surface area contributed by atoms with E-state index in [1.807, 2.05) is 12.4 Å². The van der Waals surface area contributed by atoms with Gasteiger partial charge < -0.3 is 10.2 Å². The highest BCUT2D eigenvalue weighted by atomic mass is 32.1. The van der Waals surface area contributed by atoms with Crippen LogP contribution in [0, 0.1) is 0 Å². The van der Waals surface area contributed by atoms with E-state index in [0.29, 0.717) is 0 Å². The molecule has 3 heterocycles. The van der Waals surface area contributed by atoms with Crippen LogP contribution in [-0.2, 0) is 6.42 Å². The van der Waals surface area contributed by atoms with Crippen molar-refractivity contribution in [2.24, 2.45) is 0 Å². The molecule has 1 aromatic carbocycles. The summed E-state index contributed by atoms with van der Waals surface area (Å²) < 4.78 is 1.23. The number of fused-ring (bicyclic) bond motifs is 1. The number of anilines is 1. The maximum Gasteiger partial charge on any atom is 0.225 e. The number of piperazine rings is 1. The molecule has 0 aliphatic carbocycles. The first-order chi connectivity index (χ1) is 11.3. The number of nitrogens with zero attached hydrogens (tertiary/aromatic N) is 4. The third kappa shape index (κ3) is 2.92. The third-order valence-electron chi connectivity index (χ3n) is 4.15. The maximum absolute atomic E-state index is 4.72. The molecule has 1 fully saturated rings. The Balaban J connectivity index is 1.62. The molecular formula is C17H19N5S. The van der Waals surface area contributed by atoms with Crippen LogP contribution in [0.4, 0.5) is 5.95 Å². The van der Waals surface area contributed by atoms with Crippen LogP contribution in [0.1, 0.15) is 12.5 Å². The smallest absolute Gasteiger partial charge is 0.225 e. The lowest BCUT2D eigenvalue weighted by molar-refractivity contribution is 0.580. The zero-order valence-electron chi connectivity index (χ0n) is 13.1. The molecule has 1 N–H and O–H groups in total. The molecule has 23 heavy (non-hydrogen) atoms. The van der Waals surface area contributed by atoms with E-state index in [1.165, 1.54) is 10.3 Å². The Kier molecular flexibility index (Phi) is 3.93. The molecule has 0 atom stereocenters. The van der Waals surface area contributed by atoms with E-state index in [4.69, 9.17) is 4.98 Å². The van der Waals surface area contributed by atoms with Crippen molar-refractivity contribution < 1.29 is 0 Å². The molecular weight excluding hydrogens is 306 g/mol. The van der Waals surface area contributed by atoms with Crippen LogP contribution in [-0.4, -0.2) is 41.1 Å². The van der Waals surface area contributed by atoms with Crippen LogP contribution in [0.3, 0.4) is 0 Å². The van der Waals surface area contributed by atoms with Gasteiger partial charge in [-0.3, -0.25) is 0 Å². The first-order valence-electron chi connectivity index (χ1n) is 8.01. The molecule has 0 bridgehead atoms. The minimum Gasteiger partial charge on any atom is -0.338 e. The summed E-state index contributed by atoms with van der Waals surface area (Å²) in [6.45, 7) is 6.07. The molecule has 1 aliphatic heterocycles. The van der Waals surface area contributed by atoms with Gasteiger partial charge in [0.25, 0.3) is 0 Å². The average Bonchev–Trinajstić information content (AvgIpc) is 3.05. The molecule has 0 unspecified atom stereocenters. The van der Waals surface area contributed by atoms with E-state index in [2.05, 4.69) is 45.3 Å². The van der Waals surface area contributed by atoms with Gasteiger partial charge in [0.05, 0.1) is 10.2 Å². The lowest BCUT2D eigenvalue weighted by Gasteiger charge is -2.27. The second-order valence-corrected chi connectivity index (χ2v) is 6.71. The van der Waals surface area contributed by atoms with Gasteiger partial charge in [-0.25, -0.2) is 15.0 Å². The number of benzene rings is 1. The normalized spacial score (nSPS) is 15.3. The molecule has 1 saturated heterocycles. The van der Waals surface area contributed by atoms with Crippen molar-refractivity contribution in [1.82, 2.24) is 20.3 Å². The zero-order chi connectivity index (χ0) is 15.6. The van der Waals surface area contributed by atoms with E-state index in [0.717, 1.165) is 54.6 Å². The van der Waals surface area contributed by atoms with Crippen molar-refractivity contribution in [1.29, 1.82) is 0 Å². The van der Waals surface area contributed by atoms with Crippen LogP contribution < -0.4 is 10.2 Å². The lowest BCUT2D eigenvalue weighted by atomic mass is 10.2. The molecule has 1 aliphatic rings. The molecule has 5 nitrogen and oxygen atoms in total. The summed E-state index contributed by atoms with van der Waals surface area (Å²) >= 11 is 1.71. The monoisotopic (exact) mass is 325 g/mol. The van der Waals surface area contributed by atoms with Crippen molar-refractivity contribution in [3.8, 4) is 10.6 Å². The number of aryl methyl sites for hydroxylation is 1. The van der Waals surface area contributed by atoms with Crippen LogP contribution in [0.2, 0.25) is 0 Å². The minimum atomic E-state index is 0.810. The molecule has 3 aromatic rings. The average molecular weight is 325 g/mol. The van der Waals surface area contributed by atoms with Gasteiger partial charge in [0, 0.05) is 44.1 Å². The van der Waals surface area contributed by atoms with Crippen LogP contribution in [0.5, 0.6) is 0 Å². The van der Waals surface area contributed by atoms with Crippen molar-refractivity contribution >= 4 is 27.5 Å². The van der Waals surface area contributed by atoms with E-state index < -0.39 is 0 Å². The predicted molar refractivity (Wildman–Crippen MR) is 95.1 cm³/mol. The standard InChI is InChI=1S/C17H19N5S/c1-2-12-3-4-14-15(9-12)23-16(21-14)13-10-19-17(20-11-13)22-7-5-18-6-8-22/h3-4,9-11,18H,2,5-8H2,1H3. The number of hydrogen-bond acceptors (Lipinski definition) is 6. The summed E-state index contributed by atoms with van der Waals surface area (Å²) in [5.41, 5.74) is 3.38. The summed E-state index contributed by atoms with van der Waals surface area (Å²) in [6.07, 6.45) is 4.83. The van der Waals surface area contributed by atoms with Crippen LogP contribution in [0.15, 0.2) is 30.6 Å². The summed E-state index contributed by atoms with van der Waals surface area (Å²) in [5.74, 6) is 0.810. The molecule has 0 amide bonds. The first kappa shape index (κ1) is 14.5. The Bertz CT molecular complexity index is 805. The molecule has 0 spiro atoms. The fourth-order valence-electron chi connectivity index (χ4n) is 2.77. The SMILES string of the molecule is CCc1ccc2nc(-c3cnc(N4CCNCC4)nc3)sc2c1. The molecule has 0 radical (unpaired) electrons. The van der Waals surface area contributed by atoms with Gasteiger partial charge in [-0.15, -0.1) is 11.3 Å². The first-order valence-corrected chi connectivity index (χ1v) is 8.82. The van der Waals surface area contributed by atoms with Gasteiger partial charge in [-0.1, -0.05) is 13.0 Å². The van der Waals surface area contributed by atoms with Gasteiger partial charge in [-0.05, 0) is 24.1 Å². The van der Waals surface area contributed by atoms with Gasteiger partial charge >= 0.3 is 0 Å². The number of rotatable bonds is 3. The topological polar surface area (TPSA) is 53.9 Å². The molecule has 118 valence electrons. The highest BCUT2D eigenvalue weighted by molar-refractivity contribution is 7.21. The summed E-state index contributed by atoms with van der Waals surface area (Å²) in [7, 11) is 0. The minimum absolute atomic E-state index is 0.810. The number of thiazole rings is 1. The maximum atomic E-state index is 4.72. The van der Waals surface area contributed by atoms with E-state index in [1.54, 1.807) is 11.3 Å². The van der Waals surface area contributed by atoms with Crippen molar-refractivity contribution in [3.63, 3.8) is 0 Å². The predicted octanol–water partition coefficient (Wildman–Crippen LogP) is 2.73. The Hall–Kier alpha value is -2.05. The molecule has 0 saturated carbocycles. The number of hydrogen-bond donors (Lipinski definition) is 1. The second-order valence-electron chi connectivity index (χ2n) is 5.68. The highest BCUT2D eigenvalue weighted by Crippen LogP contribution is 2.30. The third-order valence-corrected chi connectivity index (χ3v) is 5.21. The van der Waals surface area contributed by atoms with E-state index in [-0.39, 0.29) is 0 Å². The summed E-state index contributed by atoms with van der Waals surface area (Å²) in [4.78, 5) is 16.0. The Morgan fingerprint density at radius 1 is 1.17 bits per heavy atom. The Morgan fingerprint density at radius 3 is 2.70 bits per heavy atom. The second kappa shape index (κ2) is 6.22. The van der Waals surface area contributed by atoms with Gasteiger partial charge in [-0.2, -0.15) is 0 Å². The molecule has 2 aromatic heterocycles. The molecule has 6 heteroatoms. The van der Waals surface area contributed by atoms with Crippen molar-refractivity contribution in [2.75, 3.05) is 31.1 Å². The largest absolute Gasteiger partial charge is 0.338 e. The number of nitrogens with one attached hydrogen (secondary N) is 1. The van der Waals surface area contributed by atoms with Gasteiger partial charge in [0.2, 0.25) is 5.95 Å². The summed E-state index contributed by atoms with van der Waals surface area (Å²) in [6, 6.07) is 6.48. The van der Waals surface area contributed by atoms with Crippen LogP contribution in [0.25, 0.3) is 20.8 Å². The Labute approximate surface area is 139 Å². The fourth-order valence-corrected chi connectivity index (χ4v) is 3.78. The van der Waals surface area contributed by atoms with Crippen LogP contribution >= 0.6 is 11.3 Å². The van der Waals surface area contributed by atoms with E-state index >= 15 is 0 Å². The van der Waals surface area contributed by atoms with Crippen molar-refractivity contribution in [3.05, 3.63) is 36.2 Å². The molecule has 4 rings (SSSR count). The highest BCUT2D eigenvalue weighted by Gasteiger charge is 2.14. The zero-order valence-corrected chi connectivity index (χ0v) is 13.9. The quantitative estimate of drug-likeness (QED) is 0.802. The van der Waals surface area contributed by atoms with Gasteiger partial charge in [0.1, 0.15) is 5.01 Å². The fraction of sp³-hybridized carbons (Fsp3) is 0.353. The van der Waals surface area contributed by atoms with Gasteiger partial charge in [0.15, 0.2) is 0 Å². The van der Waals surface area contributed by atoms with Crippen molar-refractivity contribution in [2.45, 2.75) is 13.3 Å². The Morgan fingerprint density at radius 2 is 1.96 bits per heavy atom. The number of aromatic nitrogens is 3.